The van der Waals surface area contributed by atoms with Gasteiger partial charge in [-0.3, -0.25) is 0 Å². The van der Waals surface area contributed by atoms with Gasteiger partial charge in [0.25, 0.3) is 0 Å². The van der Waals surface area contributed by atoms with E-state index in [-0.39, 0.29) is 0 Å². The third kappa shape index (κ3) is 6.48. The van der Waals surface area contributed by atoms with Gasteiger partial charge in [-0.15, -0.1) is 0 Å². The topological polar surface area (TPSA) is 12.0 Å². The van der Waals surface area contributed by atoms with Crippen LogP contribution in [0.25, 0.3) is 0 Å². The van der Waals surface area contributed by atoms with Gasteiger partial charge in [-0.05, 0) is 44.0 Å². The van der Waals surface area contributed by atoms with Gasteiger partial charge < -0.3 is 5.32 Å². The van der Waals surface area contributed by atoms with E-state index in [2.05, 4.69) is 43.4 Å². The molecule has 0 radical (unpaired) electrons. The van der Waals surface area contributed by atoms with Crippen LogP contribution in [-0.4, -0.2) is 13.1 Å². The average molecular weight is 233 g/mol. The highest BCUT2D eigenvalue weighted by Crippen LogP contribution is 2.07. The molecular weight excluding hydrogens is 206 g/mol. The van der Waals surface area contributed by atoms with E-state index in [1.807, 2.05) is 0 Å². The molecular formula is C16H27N. The summed E-state index contributed by atoms with van der Waals surface area (Å²) >= 11 is 0. The molecule has 0 fully saturated rings. The smallest absolute Gasteiger partial charge is 0.000825 e. The fraction of sp³-hybridized carbons (Fsp3) is 0.625. The van der Waals surface area contributed by atoms with Crippen molar-refractivity contribution in [3.05, 3.63) is 35.4 Å². The van der Waals surface area contributed by atoms with Crippen molar-refractivity contribution in [3.63, 3.8) is 0 Å². The van der Waals surface area contributed by atoms with Crippen molar-refractivity contribution in [1.82, 2.24) is 5.32 Å². The lowest BCUT2D eigenvalue weighted by atomic mass is 10.1. The van der Waals surface area contributed by atoms with E-state index >= 15 is 0 Å². The lowest BCUT2D eigenvalue weighted by Crippen LogP contribution is -2.18. The molecule has 0 aliphatic carbocycles. The Hall–Kier alpha value is -0.820. The molecule has 0 spiro atoms. The van der Waals surface area contributed by atoms with E-state index < -0.39 is 0 Å². The van der Waals surface area contributed by atoms with Crippen LogP contribution in [0.4, 0.5) is 0 Å². The maximum atomic E-state index is 3.54. The highest BCUT2D eigenvalue weighted by molar-refractivity contribution is 5.25. The number of aryl methyl sites for hydroxylation is 1. The van der Waals surface area contributed by atoms with Crippen LogP contribution in [-0.2, 0) is 6.42 Å². The van der Waals surface area contributed by atoms with E-state index in [1.54, 1.807) is 0 Å². The molecule has 0 saturated carbocycles. The molecule has 0 atom stereocenters. The molecule has 0 unspecified atom stereocenters. The van der Waals surface area contributed by atoms with Crippen molar-refractivity contribution in [2.75, 3.05) is 13.1 Å². The van der Waals surface area contributed by atoms with Crippen LogP contribution in [0.5, 0.6) is 0 Å². The molecule has 1 aromatic carbocycles. The van der Waals surface area contributed by atoms with Crippen molar-refractivity contribution < 1.29 is 0 Å². The molecule has 0 heterocycles. The minimum Gasteiger partial charge on any atom is -0.316 e. The predicted octanol–water partition coefficient (Wildman–Crippen LogP) is 4.10. The average Bonchev–Trinajstić information content (AvgIpc) is 2.35. The molecule has 1 heteroatoms. The summed E-state index contributed by atoms with van der Waals surface area (Å²) in [4.78, 5) is 0. The number of rotatable bonds is 9. The van der Waals surface area contributed by atoms with Crippen LogP contribution in [0.1, 0.15) is 50.2 Å². The van der Waals surface area contributed by atoms with Crippen molar-refractivity contribution >= 4 is 0 Å². The maximum absolute atomic E-state index is 3.54. The molecule has 0 saturated heterocycles. The van der Waals surface area contributed by atoms with Crippen molar-refractivity contribution in [1.29, 1.82) is 0 Å². The summed E-state index contributed by atoms with van der Waals surface area (Å²) < 4.78 is 0. The Kier molecular flexibility index (Phi) is 7.74. The SMILES string of the molecule is CCCCCCCNCCc1ccccc1C. The first-order valence-corrected chi connectivity index (χ1v) is 7.10. The second-order valence-electron chi connectivity index (χ2n) is 4.84. The molecule has 17 heavy (non-hydrogen) atoms. The highest BCUT2D eigenvalue weighted by Gasteiger charge is 1.96. The largest absolute Gasteiger partial charge is 0.316 e. The third-order valence-electron chi connectivity index (χ3n) is 3.29. The minimum absolute atomic E-state index is 1.11. The van der Waals surface area contributed by atoms with Crippen LogP contribution in [0, 0.1) is 6.92 Å². The first kappa shape index (κ1) is 14.2. The first-order valence-electron chi connectivity index (χ1n) is 7.10. The summed E-state index contributed by atoms with van der Waals surface area (Å²) in [7, 11) is 0. The number of benzene rings is 1. The summed E-state index contributed by atoms with van der Waals surface area (Å²) in [6.07, 6.45) is 7.99. The fourth-order valence-electron chi connectivity index (χ4n) is 2.09. The number of unbranched alkanes of at least 4 members (excludes halogenated alkanes) is 4. The van der Waals surface area contributed by atoms with Crippen LogP contribution in [0.3, 0.4) is 0 Å². The maximum Gasteiger partial charge on any atom is -0.000825 e. The van der Waals surface area contributed by atoms with Gasteiger partial charge >= 0.3 is 0 Å². The van der Waals surface area contributed by atoms with Gasteiger partial charge in [-0.1, -0.05) is 56.9 Å². The Balaban J connectivity index is 1.99. The summed E-state index contributed by atoms with van der Waals surface area (Å²) in [5.74, 6) is 0. The summed E-state index contributed by atoms with van der Waals surface area (Å²) in [6.45, 7) is 6.74. The van der Waals surface area contributed by atoms with Gasteiger partial charge in [0, 0.05) is 0 Å². The Morgan fingerprint density at radius 1 is 0.941 bits per heavy atom. The zero-order valence-electron chi connectivity index (χ0n) is 11.5. The number of hydrogen-bond acceptors (Lipinski definition) is 1. The number of hydrogen-bond donors (Lipinski definition) is 1. The molecule has 0 aliphatic heterocycles. The normalized spacial score (nSPS) is 10.7. The van der Waals surface area contributed by atoms with Gasteiger partial charge in [0.1, 0.15) is 0 Å². The third-order valence-corrected chi connectivity index (χ3v) is 3.29. The predicted molar refractivity (Wildman–Crippen MR) is 76.5 cm³/mol. The van der Waals surface area contributed by atoms with E-state index in [9.17, 15) is 0 Å². The minimum atomic E-state index is 1.11. The molecule has 96 valence electrons. The molecule has 0 bridgehead atoms. The molecule has 1 aromatic rings. The quantitative estimate of drug-likeness (QED) is 0.633. The molecule has 1 N–H and O–H groups in total. The van der Waals surface area contributed by atoms with Crippen molar-refractivity contribution in [3.8, 4) is 0 Å². The van der Waals surface area contributed by atoms with E-state index in [0.29, 0.717) is 0 Å². The zero-order valence-corrected chi connectivity index (χ0v) is 11.5. The zero-order chi connectivity index (χ0) is 12.3. The highest BCUT2D eigenvalue weighted by atomic mass is 14.8. The molecule has 1 rings (SSSR count). The van der Waals surface area contributed by atoms with E-state index in [4.69, 9.17) is 0 Å². The van der Waals surface area contributed by atoms with Gasteiger partial charge in [0.05, 0.1) is 0 Å². The Morgan fingerprint density at radius 2 is 1.71 bits per heavy atom. The molecule has 0 amide bonds. The second-order valence-corrected chi connectivity index (χ2v) is 4.84. The summed E-state index contributed by atoms with van der Waals surface area (Å²) in [5, 5.41) is 3.54. The lowest BCUT2D eigenvalue weighted by Gasteiger charge is -2.07. The van der Waals surface area contributed by atoms with Gasteiger partial charge in [-0.25, -0.2) is 0 Å². The van der Waals surface area contributed by atoms with Crippen LogP contribution in [0.15, 0.2) is 24.3 Å². The second kappa shape index (κ2) is 9.23. The van der Waals surface area contributed by atoms with Crippen molar-refractivity contribution in [2.45, 2.75) is 52.4 Å². The van der Waals surface area contributed by atoms with Gasteiger partial charge in [0.15, 0.2) is 0 Å². The Bertz CT molecular complexity index is 293. The van der Waals surface area contributed by atoms with Crippen molar-refractivity contribution in [2.24, 2.45) is 0 Å². The molecule has 1 nitrogen and oxygen atoms in total. The summed E-state index contributed by atoms with van der Waals surface area (Å²) in [5.41, 5.74) is 2.89. The first-order chi connectivity index (χ1) is 8.34. The van der Waals surface area contributed by atoms with E-state index in [0.717, 1.165) is 13.0 Å². The fourth-order valence-corrected chi connectivity index (χ4v) is 2.09. The molecule has 0 aromatic heterocycles. The number of nitrogens with one attached hydrogen (secondary N) is 1. The lowest BCUT2D eigenvalue weighted by molar-refractivity contribution is 0.584. The van der Waals surface area contributed by atoms with Crippen LogP contribution in [0.2, 0.25) is 0 Å². The Labute approximate surface area is 107 Å². The van der Waals surface area contributed by atoms with E-state index in [1.165, 1.54) is 49.8 Å². The molecule has 0 aliphatic rings. The van der Waals surface area contributed by atoms with Gasteiger partial charge in [0.2, 0.25) is 0 Å². The summed E-state index contributed by atoms with van der Waals surface area (Å²) in [6, 6.07) is 8.67. The van der Waals surface area contributed by atoms with Crippen LogP contribution >= 0.6 is 0 Å². The monoisotopic (exact) mass is 233 g/mol. The van der Waals surface area contributed by atoms with Gasteiger partial charge in [-0.2, -0.15) is 0 Å². The standard InChI is InChI=1S/C16H27N/c1-3-4-5-6-9-13-17-14-12-16-11-8-7-10-15(16)2/h7-8,10-11,17H,3-6,9,12-14H2,1-2H3. The van der Waals surface area contributed by atoms with Crippen LogP contribution < -0.4 is 5.32 Å². The Morgan fingerprint density at radius 3 is 2.47 bits per heavy atom.